The molecule has 0 saturated carbocycles. The summed E-state index contributed by atoms with van der Waals surface area (Å²) >= 11 is 0. The highest BCUT2D eigenvalue weighted by Crippen LogP contribution is 2.40. The molecule has 2 saturated heterocycles. The molecule has 6 nitrogen and oxygen atoms in total. The predicted octanol–water partition coefficient (Wildman–Crippen LogP) is 4.89. The van der Waals surface area contributed by atoms with Crippen molar-refractivity contribution in [1.29, 1.82) is 0 Å². The summed E-state index contributed by atoms with van der Waals surface area (Å²) in [6, 6.07) is 13.1. The number of hydrogen-bond donors (Lipinski definition) is 1. The zero-order chi connectivity index (χ0) is 22.8. The van der Waals surface area contributed by atoms with Gasteiger partial charge in [-0.2, -0.15) is 0 Å². The first kappa shape index (κ1) is 22.4. The first-order valence-corrected chi connectivity index (χ1v) is 10.9. The van der Waals surface area contributed by atoms with Crippen LogP contribution < -0.4 is 5.32 Å². The van der Waals surface area contributed by atoms with E-state index in [1.165, 1.54) is 12.1 Å². The van der Waals surface area contributed by atoms with Crippen molar-refractivity contribution in [2.24, 2.45) is 5.41 Å². The van der Waals surface area contributed by atoms with Crippen LogP contribution >= 0.6 is 0 Å². The first-order valence-electron chi connectivity index (χ1n) is 10.9. The molecule has 7 heteroatoms. The van der Waals surface area contributed by atoms with Crippen LogP contribution in [0, 0.1) is 11.2 Å². The van der Waals surface area contributed by atoms with Crippen molar-refractivity contribution < 1.29 is 28.2 Å². The van der Waals surface area contributed by atoms with Crippen LogP contribution in [0.5, 0.6) is 0 Å². The number of rotatable bonds is 7. The van der Waals surface area contributed by atoms with Gasteiger partial charge >= 0.3 is 6.09 Å². The molecule has 0 bridgehead atoms. The van der Waals surface area contributed by atoms with E-state index in [1.54, 1.807) is 24.3 Å². The zero-order valence-corrected chi connectivity index (χ0v) is 18.4. The molecule has 2 heterocycles. The summed E-state index contributed by atoms with van der Waals surface area (Å²) in [5.41, 5.74) is 2.07. The van der Waals surface area contributed by atoms with E-state index in [2.05, 4.69) is 19.2 Å². The van der Waals surface area contributed by atoms with Gasteiger partial charge in [0, 0.05) is 29.4 Å². The quantitative estimate of drug-likeness (QED) is 0.620. The van der Waals surface area contributed by atoms with Crippen LogP contribution in [0.3, 0.4) is 0 Å². The SMILES string of the molecule is CC1(C)COC(CCCC(=O)c2cccc([C@H]3COC(=O)N3)c2)(c2ccc(F)cc2)OC1. The Labute approximate surface area is 187 Å². The summed E-state index contributed by atoms with van der Waals surface area (Å²) < 4.78 is 30.8. The van der Waals surface area contributed by atoms with Crippen molar-refractivity contribution in [2.75, 3.05) is 19.8 Å². The van der Waals surface area contributed by atoms with E-state index in [0.717, 1.165) is 11.1 Å². The molecular formula is C25H28FNO5. The molecule has 0 radical (unpaired) electrons. The Kier molecular flexibility index (Phi) is 6.31. The van der Waals surface area contributed by atoms with Crippen LogP contribution in [0.25, 0.3) is 0 Å². The lowest BCUT2D eigenvalue weighted by Gasteiger charge is -2.44. The third-order valence-corrected chi connectivity index (χ3v) is 5.87. The number of ketones is 1. The van der Waals surface area contributed by atoms with E-state index >= 15 is 0 Å². The second-order valence-corrected chi connectivity index (χ2v) is 9.20. The second-order valence-electron chi connectivity index (χ2n) is 9.20. The molecule has 2 fully saturated rings. The summed E-state index contributed by atoms with van der Waals surface area (Å²) in [6.45, 7) is 5.40. The molecular weight excluding hydrogens is 413 g/mol. The topological polar surface area (TPSA) is 73.9 Å². The summed E-state index contributed by atoms with van der Waals surface area (Å²) in [5, 5.41) is 2.72. The summed E-state index contributed by atoms with van der Waals surface area (Å²) in [6.07, 6.45) is 0.890. The lowest BCUT2D eigenvalue weighted by Crippen LogP contribution is -2.45. The van der Waals surface area contributed by atoms with Crippen LogP contribution in [0.2, 0.25) is 0 Å². The molecule has 170 valence electrons. The van der Waals surface area contributed by atoms with Gasteiger partial charge in [0.25, 0.3) is 0 Å². The number of hydrogen-bond acceptors (Lipinski definition) is 5. The molecule has 1 amide bonds. The van der Waals surface area contributed by atoms with Gasteiger partial charge in [0.05, 0.1) is 19.3 Å². The van der Waals surface area contributed by atoms with Crippen molar-refractivity contribution in [3.05, 3.63) is 71.0 Å². The molecule has 0 aromatic heterocycles. The standard InChI is InChI=1S/C25H28FNO5/c1-24(2)15-31-25(32-16-24,19-8-10-20(26)11-9-19)12-4-7-22(28)18-6-3-5-17(13-18)21-14-30-23(29)27-21/h3,5-6,8-11,13,21H,4,7,12,14-16H2,1-2H3,(H,27,29)/t21-/m1/s1. The van der Waals surface area contributed by atoms with Crippen LogP contribution in [-0.4, -0.2) is 31.7 Å². The lowest BCUT2D eigenvalue weighted by atomic mass is 9.91. The average molecular weight is 441 g/mol. The molecule has 2 aliphatic heterocycles. The number of Topliss-reactive ketones (excluding diaryl/α,β-unsaturated/α-hetero) is 1. The number of carbonyl (C=O) groups is 2. The van der Waals surface area contributed by atoms with Gasteiger partial charge in [-0.1, -0.05) is 44.2 Å². The number of carbonyl (C=O) groups excluding carboxylic acids is 2. The smallest absolute Gasteiger partial charge is 0.407 e. The number of benzene rings is 2. The Hall–Kier alpha value is -2.77. The molecule has 0 aliphatic carbocycles. The van der Waals surface area contributed by atoms with Gasteiger partial charge in [0.15, 0.2) is 11.6 Å². The second kappa shape index (κ2) is 9.00. The van der Waals surface area contributed by atoms with Crippen LogP contribution in [0.4, 0.5) is 9.18 Å². The average Bonchev–Trinajstić information content (AvgIpc) is 3.22. The van der Waals surface area contributed by atoms with Crippen molar-refractivity contribution >= 4 is 11.9 Å². The molecule has 2 aromatic rings. The van der Waals surface area contributed by atoms with Crippen molar-refractivity contribution in [2.45, 2.75) is 44.9 Å². The van der Waals surface area contributed by atoms with Crippen molar-refractivity contribution in [3.63, 3.8) is 0 Å². The normalized spacial score (nSPS) is 21.6. The fourth-order valence-corrected chi connectivity index (χ4v) is 3.99. The minimum absolute atomic E-state index is 0.00230. The van der Waals surface area contributed by atoms with E-state index in [0.29, 0.717) is 38.0 Å². The minimum atomic E-state index is -0.989. The van der Waals surface area contributed by atoms with Crippen LogP contribution in [-0.2, 0) is 20.0 Å². The number of alkyl carbamates (subject to hydrolysis) is 1. The maximum atomic E-state index is 13.5. The first-order chi connectivity index (χ1) is 15.3. The number of amides is 1. The Morgan fingerprint density at radius 2 is 1.84 bits per heavy atom. The molecule has 4 rings (SSSR count). The van der Waals surface area contributed by atoms with Gasteiger partial charge in [-0.25, -0.2) is 9.18 Å². The maximum Gasteiger partial charge on any atom is 0.407 e. The van der Waals surface area contributed by atoms with Gasteiger partial charge in [0.1, 0.15) is 12.4 Å². The molecule has 1 atom stereocenters. The van der Waals surface area contributed by atoms with Crippen molar-refractivity contribution in [3.8, 4) is 0 Å². The highest BCUT2D eigenvalue weighted by Gasteiger charge is 2.41. The van der Waals surface area contributed by atoms with Crippen LogP contribution in [0.15, 0.2) is 48.5 Å². The summed E-state index contributed by atoms with van der Waals surface area (Å²) in [4.78, 5) is 24.2. The Morgan fingerprint density at radius 3 is 2.50 bits per heavy atom. The fraction of sp³-hybridized carbons (Fsp3) is 0.440. The highest BCUT2D eigenvalue weighted by atomic mass is 19.1. The molecule has 32 heavy (non-hydrogen) atoms. The highest BCUT2D eigenvalue weighted by molar-refractivity contribution is 5.96. The largest absolute Gasteiger partial charge is 0.447 e. The molecule has 2 aromatic carbocycles. The summed E-state index contributed by atoms with van der Waals surface area (Å²) in [5.74, 6) is -1.31. The lowest BCUT2D eigenvalue weighted by molar-refractivity contribution is -0.311. The van der Waals surface area contributed by atoms with E-state index < -0.39 is 11.9 Å². The van der Waals surface area contributed by atoms with Crippen molar-refractivity contribution in [1.82, 2.24) is 5.32 Å². The number of ether oxygens (including phenoxy) is 3. The van der Waals surface area contributed by atoms with E-state index in [-0.39, 0.29) is 29.7 Å². The van der Waals surface area contributed by atoms with Crippen LogP contribution in [0.1, 0.15) is 60.6 Å². The maximum absolute atomic E-state index is 13.5. The Balaban J connectivity index is 1.42. The summed E-state index contributed by atoms with van der Waals surface area (Å²) in [7, 11) is 0. The monoisotopic (exact) mass is 441 g/mol. The van der Waals surface area contributed by atoms with Gasteiger partial charge in [-0.15, -0.1) is 0 Å². The number of cyclic esters (lactones) is 1. The Morgan fingerprint density at radius 1 is 1.12 bits per heavy atom. The van der Waals surface area contributed by atoms with Gasteiger partial charge in [-0.3, -0.25) is 4.79 Å². The number of nitrogens with one attached hydrogen (secondary N) is 1. The predicted molar refractivity (Wildman–Crippen MR) is 116 cm³/mol. The van der Waals surface area contributed by atoms with E-state index in [1.807, 2.05) is 12.1 Å². The molecule has 1 N–H and O–H groups in total. The van der Waals surface area contributed by atoms with E-state index in [4.69, 9.17) is 14.2 Å². The van der Waals surface area contributed by atoms with E-state index in [9.17, 15) is 14.0 Å². The number of halogens is 1. The Bertz CT molecular complexity index is 978. The van der Waals surface area contributed by atoms with Gasteiger partial charge < -0.3 is 19.5 Å². The third-order valence-electron chi connectivity index (χ3n) is 5.87. The van der Waals surface area contributed by atoms with Gasteiger partial charge in [-0.05, 0) is 30.2 Å². The molecule has 0 unspecified atom stereocenters. The minimum Gasteiger partial charge on any atom is -0.447 e. The molecule has 0 spiro atoms. The third kappa shape index (κ3) is 5.00. The zero-order valence-electron chi connectivity index (χ0n) is 18.4. The van der Waals surface area contributed by atoms with Gasteiger partial charge in [0.2, 0.25) is 0 Å². The fourth-order valence-electron chi connectivity index (χ4n) is 3.99. The molecule has 2 aliphatic rings.